The highest BCUT2D eigenvalue weighted by molar-refractivity contribution is 6.35. The SMILES string of the molecule is CCCCCCN/C(=C(/OC(C)=O)C(=O)c1ccccc1Cl)c1ccccc1. The van der Waals surface area contributed by atoms with Crippen molar-refractivity contribution in [3.63, 3.8) is 0 Å². The lowest BCUT2D eigenvalue weighted by atomic mass is 10.0. The number of ether oxygens (including phenoxy) is 1. The number of nitrogens with one attached hydrogen (secondary N) is 1. The fourth-order valence-electron chi connectivity index (χ4n) is 2.81. The summed E-state index contributed by atoms with van der Waals surface area (Å²) in [5, 5.41) is 3.62. The summed E-state index contributed by atoms with van der Waals surface area (Å²) in [7, 11) is 0. The van der Waals surface area contributed by atoms with Gasteiger partial charge in [-0.05, 0) is 18.6 Å². The van der Waals surface area contributed by atoms with Crippen molar-refractivity contribution in [3.8, 4) is 0 Å². The predicted octanol–water partition coefficient (Wildman–Crippen LogP) is 5.62. The molecule has 0 aromatic heterocycles. The number of halogens is 1. The van der Waals surface area contributed by atoms with Crippen LogP contribution in [-0.2, 0) is 9.53 Å². The minimum Gasteiger partial charge on any atom is -0.420 e. The third-order valence-electron chi connectivity index (χ3n) is 4.19. The summed E-state index contributed by atoms with van der Waals surface area (Å²) in [5.74, 6) is -1.03. The zero-order chi connectivity index (χ0) is 20.4. The van der Waals surface area contributed by atoms with Crippen LogP contribution in [0.25, 0.3) is 5.70 Å². The molecule has 0 saturated heterocycles. The lowest BCUT2D eigenvalue weighted by molar-refractivity contribution is -0.136. The molecule has 5 heteroatoms. The van der Waals surface area contributed by atoms with Gasteiger partial charge in [-0.25, -0.2) is 0 Å². The van der Waals surface area contributed by atoms with Gasteiger partial charge in [-0.15, -0.1) is 0 Å². The molecule has 28 heavy (non-hydrogen) atoms. The van der Waals surface area contributed by atoms with Gasteiger partial charge in [-0.3, -0.25) is 9.59 Å². The summed E-state index contributed by atoms with van der Waals surface area (Å²) in [4.78, 5) is 24.9. The zero-order valence-electron chi connectivity index (χ0n) is 16.3. The molecule has 148 valence electrons. The van der Waals surface area contributed by atoms with E-state index in [1.807, 2.05) is 30.3 Å². The maximum absolute atomic E-state index is 13.2. The first-order valence-corrected chi connectivity index (χ1v) is 9.93. The lowest BCUT2D eigenvalue weighted by Gasteiger charge is -2.17. The summed E-state index contributed by atoms with van der Waals surface area (Å²) in [6.07, 6.45) is 4.34. The van der Waals surface area contributed by atoms with Crippen LogP contribution in [0.2, 0.25) is 5.02 Å². The van der Waals surface area contributed by atoms with E-state index in [9.17, 15) is 9.59 Å². The van der Waals surface area contributed by atoms with Gasteiger partial charge in [0.1, 0.15) is 0 Å². The molecule has 2 aromatic carbocycles. The van der Waals surface area contributed by atoms with E-state index in [1.54, 1.807) is 24.3 Å². The van der Waals surface area contributed by atoms with Crippen molar-refractivity contribution in [2.45, 2.75) is 39.5 Å². The van der Waals surface area contributed by atoms with E-state index in [0.29, 0.717) is 22.8 Å². The molecule has 0 aliphatic carbocycles. The van der Waals surface area contributed by atoms with E-state index in [1.165, 1.54) is 6.92 Å². The van der Waals surface area contributed by atoms with Gasteiger partial charge in [0.2, 0.25) is 11.5 Å². The normalized spacial score (nSPS) is 11.5. The molecule has 0 atom stereocenters. The Bertz CT molecular complexity index is 831. The molecule has 0 unspecified atom stereocenters. The Labute approximate surface area is 171 Å². The Morgan fingerprint density at radius 2 is 1.64 bits per heavy atom. The smallest absolute Gasteiger partial charge is 0.308 e. The minimum atomic E-state index is -0.559. The van der Waals surface area contributed by atoms with E-state index < -0.39 is 11.8 Å². The van der Waals surface area contributed by atoms with Crippen molar-refractivity contribution in [2.24, 2.45) is 0 Å². The first-order chi connectivity index (χ1) is 13.5. The monoisotopic (exact) mass is 399 g/mol. The molecule has 0 radical (unpaired) electrons. The number of benzene rings is 2. The molecule has 0 aliphatic rings. The number of rotatable bonds is 10. The van der Waals surface area contributed by atoms with Crippen LogP contribution in [0.5, 0.6) is 0 Å². The van der Waals surface area contributed by atoms with E-state index in [-0.39, 0.29) is 5.76 Å². The lowest BCUT2D eigenvalue weighted by Crippen LogP contribution is -2.22. The van der Waals surface area contributed by atoms with Crippen molar-refractivity contribution in [1.29, 1.82) is 0 Å². The number of hydrogen-bond acceptors (Lipinski definition) is 4. The van der Waals surface area contributed by atoms with E-state index in [0.717, 1.165) is 31.2 Å². The fourth-order valence-corrected chi connectivity index (χ4v) is 3.03. The van der Waals surface area contributed by atoms with E-state index >= 15 is 0 Å². The van der Waals surface area contributed by atoms with Crippen LogP contribution in [0.4, 0.5) is 0 Å². The number of esters is 1. The Morgan fingerprint density at radius 1 is 0.964 bits per heavy atom. The van der Waals surface area contributed by atoms with Crippen LogP contribution in [0, 0.1) is 0 Å². The fraction of sp³-hybridized carbons (Fsp3) is 0.304. The van der Waals surface area contributed by atoms with Crippen LogP contribution in [0.15, 0.2) is 60.4 Å². The molecule has 0 aliphatic heterocycles. The van der Waals surface area contributed by atoms with Crippen molar-refractivity contribution in [1.82, 2.24) is 5.32 Å². The highest BCUT2D eigenvalue weighted by Gasteiger charge is 2.24. The van der Waals surface area contributed by atoms with Crippen molar-refractivity contribution in [2.75, 3.05) is 6.54 Å². The van der Waals surface area contributed by atoms with Crippen molar-refractivity contribution >= 4 is 29.1 Å². The molecule has 1 N–H and O–H groups in total. The standard InChI is InChI=1S/C23H26ClNO3/c1-3-4-5-11-16-25-21(18-12-7-6-8-13-18)23(28-17(2)26)22(27)19-14-9-10-15-20(19)24/h6-10,12-15,25H,3-5,11,16H2,1-2H3/b23-21+. The number of Topliss-reactive ketones (excluding diaryl/α,β-unsaturated/α-hetero) is 1. The van der Waals surface area contributed by atoms with Gasteiger partial charge in [-0.2, -0.15) is 0 Å². The third-order valence-corrected chi connectivity index (χ3v) is 4.52. The summed E-state index contributed by atoms with van der Waals surface area (Å²) in [6, 6.07) is 16.1. The molecule has 0 fully saturated rings. The summed E-state index contributed by atoms with van der Waals surface area (Å²) < 4.78 is 5.39. The maximum Gasteiger partial charge on any atom is 0.308 e. The second-order valence-electron chi connectivity index (χ2n) is 6.46. The molecule has 2 rings (SSSR count). The highest BCUT2D eigenvalue weighted by Crippen LogP contribution is 2.25. The number of ketones is 1. The Kier molecular flexibility index (Phi) is 8.76. The quantitative estimate of drug-likeness (QED) is 0.185. The molecule has 0 bridgehead atoms. The number of hydrogen-bond donors (Lipinski definition) is 1. The number of unbranched alkanes of at least 4 members (excludes halogenated alkanes) is 3. The van der Waals surface area contributed by atoms with Crippen molar-refractivity contribution in [3.05, 3.63) is 76.5 Å². The van der Waals surface area contributed by atoms with E-state index in [4.69, 9.17) is 16.3 Å². The number of carbonyl (C=O) groups excluding carboxylic acids is 2. The maximum atomic E-state index is 13.2. The zero-order valence-corrected chi connectivity index (χ0v) is 17.1. The molecule has 0 amide bonds. The predicted molar refractivity (Wildman–Crippen MR) is 113 cm³/mol. The second kappa shape index (κ2) is 11.3. The number of allylic oxidation sites excluding steroid dienone is 1. The highest BCUT2D eigenvalue weighted by atomic mass is 35.5. The molecule has 0 saturated carbocycles. The molecular formula is C23H26ClNO3. The van der Waals surface area contributed by atoms with E-state index in [2.05, 4.69) is 12.2 Å². The number of carbonyl (C=O) groups is 2. The molecular weight excluding hydrogens is 374 g/mol. The van der Waals surface area contributed by atoms with Crippen LogP contribution in [-0.4, -0.2) is 18.3 Å². The first-order valence-electron chi connectivity index (χ1n) is 9.55. The summed E-state index contributed by atoms with van der Waals surface area (Å²) >= 11 is 6.21. The largest absolute Gasteiger partial charge is 0.420 e. The van der Waals surface area contributed by atoms with Gasteiger partial charge in [0.15, 0.2) is 0 Å². The van der Waals surface area contributed by atoms with Gasteiger partial charge < -0.3 is 10.1 Å². The Hall–Kier alpha value is -2.59. The Morgan fingerprint density at radius 3 is 2.29 bits per heavy atom. The topological polar surface area (TPSA) is 55.4 Å². The molecule has 2 aromatic rings. The van der Waals surface area contributed by atoms with Gasteiger partial charge >= 0.3 is 5.97 Å². The van der Waals surface area contributed by atoms with Crippen LogP contribution >= 0.6 is 11.6 Å². The first kappa shape index (κ1) is 21.7. The van der Waals surface area contributed by atoms with Gasteiger partial charge in [0, 0.05) is 24.6 Å². The van der Waals surface area contributed by atoms with Gasteiger partial charge in [0.05, 0.1) is 10.7 Å². The summed E-state index contributed by atoms with van der Waals surface area (Å²) in [6.45, 7) is 4.11. The van der Waals surface area contributed by atoms with Crippen LogP contribution in [0.3, 0.4) is 0 Å². The average Bonchev–Trinajstić information content (AvgIpc) is 2.70. The average molecular weight is 400 g/mol. The minimum absolute atomic E-state index is 0.0395. The molecule has 0 spiro atoms. The van der Waals surface area contributed by atoms with Crippen LogP contribution in [0.1, 0.15) is 55.5 Å². The third kappa shape index (κ3) is 6.24. The van der Waals surface area contributed by atoms with Gasteiger partial charge in [-0.1, -0.05) is 80.3 Å². The van der Waals surface area contributed by atoms with Crippen LogP contribution < -0.4 is 5.32 Å². The summed E-state index contributed by atoms with van der Waals surface area (Å²) in [5.41, 5.74) is 1.56. The van der Waals surface area contributed by atoms with Gasteiger partial charge in [0.25, 0.3) is 0 Å². The molecule has 0 heterocycles. The van der Waals surface area contributed by atoms with Crippen molar-refractivity contribution < 1.29 is 14.3 Å². The molecule has 4 nitrogen and oxygen atoms in total. The Balaban J connectivity index is 2.45. The second-order valence-corrected chi connectivity index (χ2v) is 6.87.